The zero-order valence-corrected chi connectivity index (χ0v) is 13.8. The van der Waals surface area contributed by atoms with Gasteiger partial charge in [-0.3, -0.25) is 4.90 Å². The minimum Gasteiger partial charge on any atom is -0.377 e. The summed E-state index contributed by atoms with van der Waals surface area (Å²) in [5, 5.41) is 0. The van der Waals surface area contributed by atoms with Crippen molar-refractivity contribution in [1.29, 1.82) is 0 Å². The predicted octanol–water partition coefficient (Wildman–Crippen LogP) is 2.84. The first-order valence-corrected chi connectivity index (χ1v) is 8.06. The second kappa shape index (κ2) is 6.91. The molecule has 3 nitrogen and oxygen atoms in total. The van der Waals surface area contributed by atoms with Crippen molar-refractivity contribution >= 4 is 0 Å². The van der Waals surface area contributed by atoms with E-state index in [1.165, 1.54) is 12.0 Å². The largest absolute Gasteiger partial charge is 0.377 e. The lowest BCUT2D eigenvalue weighted by Gasteiger charge is -2.48. The number of hydrogen-bond acceptors (Lipinski definition) is 3. The van der Waals surface area contributed by atoms with Gasteiger partial charge in [0, 0.05) is 25.7 Å². The Morgan fingerprint density at radius 2 is 2.05 bits per heavy atom. The van der Waals surface area contributed by atoms with Gasteiger partial charge in [0.2, 0.25) is 0 Å². The number of likely N-dealkylation sites (tertiary alicyclic amines) is 1. The van der Waals surface area contributed by atoms with Gasteiger partial charge < -0.3 is 10.5 Å². The molecule has 2 rings (SSSR count). The normalized spacial score (nSPS) is 26.5. The van der Waals surface area contributed by atoms with Gasteiger partial charge in [-0.2, -0.15) is 0 Å². The summed E-state index contributed by atoms with van der Waals surface area (Å²) in [4.78, 5) is 2.54. The fraction of sp³-hybridized carbons (Fsp3) is 0.667. The van der Waals surface area contributed by atoms with Crippen LogP contribution in [0.4, 0.5) is 0 Å². The van der Waals surface area contributed by atoms with Crippen LogP contribution in [0.3, 0.4) is 0 Å². The van der Waals surface area contributed by atoms with Crippen molar-refractivity contribution in [2.75, 3.05) is 26.7 Å². The second-order valence-corrected chi connectivity index (χ2v) is 6.87. The topological polar surface area (TPSA) is 38.5 Å². The lowest BCUT2D eigenvalue weighted by Crippen LogP contribution is -2.59. The van der Waals surface area contributed by atoms with E-state index >= 15 is 0 Å². The highest BCUT2D eigenvalue weighted by Gasteiger charge is 2.38. The van der Waals surface area contributed by atoms with Gasteiger partial charge in [0.25, 0.3) is 0 Å². The van der Waals surface area contributed by atoms with Crippen LogP contribution in [0.2, 0.25) is 0 Å². The Bertz CT molecular complexity index is 436. The van der Waals surface area contributed by atoms with Crippen LogP contribution >= 0.6 is 0 Å². The van der Waals surface area contributed by atoms with Gasteiger partial charge in [-0.25, -0.2) is 0 Å². The molecule has 0 radical (unpaired) electrons. The zero-order chi connectivity index (χ0) is 15.3. The molecule has 3 heteroatoms. The van der Waals surface area contributed by atoms with E-state index in [0.717, 1.165) is 32.4 Å². The van der Waals surface area contributed by atoms with Crippen molar-refractivity contribution in [3.63, 3.8) is 0 Å². The number of piperidine rings is 1. The van der Waals surface area contributed by atoms with Gasteiger partial charge in [-0.15, -0.1) is 0 Å². The van der Waals surface area contributed by atoms with E-state index in [-0.39, 0.29) is 11.1 Å². The molecule has 1 heterocycles. The standard InChI is InChI=1S/C18H30N2O/c1-17(14-19,12-10-16-8-5-4-6-9-16)20-13-7-11-18(2,15-20)21-3/h4-6,8-9H,7,10-15,19H2,1-3H3. The summed E-state index contributed by atoms with van der Waals surface area (Å²) < 4.78 is 5.73. The third-order valence-electron chi connectivity index (χ3n) is 5.15. The first-order valence-electron chi connectivity index (χ1n) is 8.06. The molecule has 1 fully saturated rings. The molecule has 2 atom stereocenters. The van der Waals surface area contributed by atoms with E-state index in [9.17, 15) is 0 Å². The third-order valence-corrected chi connectivity index (χ3v) is 5.15. The number of benzene rings is 1. The molecule has 0 aliphatic carbocycles. The van der Waals surface area contributed by atoms with Gasteiger partial charge in [0.1, 0.15) is 0 Å². The van der Waals surface area contributed by atoms with Crippen molar-refractivity contribution in [2.45, 2.75) is 50.7 Å². The van der Waals surface area contributed by atoms with Gasteiger partial charge in [0.05, 0.1) is 5.60 Å². The van der Waals surface area contributed by atoms with Gasteiger partial charge in [-0.1, -0.05) is 30.3 Å². The minimum absolute atomic E-state index is 0.0264. The summed E-state index contributed by atoms with van der Waals surface area (Å²) in [6.07, 6.45) is 4.49. The SMILES string of the molecule is COC1(C)CCCN(C(C)(CN)CCc2ccccc2)C1. The molecule has 2 N–H and O–H groups in total. The van der Waals surface area contributed by atoms with Gasteiger partial charge in [-0.05, 0) is 51.6 Å². The maximum absolute atomic E-state index is 6.15. The van der Waals surface area contributed by atoms with E-state index in [1.807, 2.05) is 7.11 Å². The number of nitrogens with two attached hydrogens (primary N) is 1. The van der Waals surface area contributed by atoms with Crippen molar-refractivity contribution < 1.29 is 4.74 Å². The van der Waals surface area contributed by atoms with Crippen LogP contribution in [-0.2, 0) is 11.2 Å². The van der Waals surface area contributed by atoms with E-state index in [4.69, 9.17) is 10.5 Å². The smallest absolute Gasteiger partial charge is 0.0777 e. The summed E-state index contributed by atoms with van der Waals surface area (Å²) in [6.45, 7) is 7.32. The Labute approximate surface area is 129 Å². The van der Waals surface area contributed by atoms with Crippen molar-refractivity contribution in [3.05, 3.63) is 35.9 Å². The molecule has 1 aliphatic rings. The van der Waals surface area contributed by atoms with Crippen LogP contribution in [0.15, 0.2) is 30.3 Å². The Kier molecular flexibility index (Phi) is 5.42. The quantitative estimate of drug-likeness (QED) is 0.875. The molecule has 21 heavy (non-hydrogen) atoms. The molecule has 0 spiro atoms. The molecule has 2 unspecified atom stereocenters. The maximum Gasteiger partial charge on any atom is 0.0777 e. The highest BCUT2D eigenvalue weighted by atomic mass is 16.5. The molecule has 0 bridgehead atoms. The summed E-state index contributed by atoms with van der Waals surface area (Å²) in [5.74, 6) is 0. The van der Waals surface area contributed by atoms with Gasteiger partial charge >= 0.3 is 0 Å². The number of hydrogen-bond donors (Lipinski definition) is 1. The van der Waals surface area contributed by atoms with Crippen molar-refractivity contribution in [3.8, 4) is 0 Å². The minimum atomic E-state index is -0.0264. The van der Waals surface area contributed by atoms with E-state index in [1.54, 1.807) is 0 Å². The molecule has 0 saturated carbocycles. The average Bonchev–Trinajstić information content (AvgIpc) is 2.53. The Morgan fingerprint density at radius 1 is 1.33 bits per heavy atom. The summed E-state index contributed by atoms with van der Waals surface area (Å²) in [7, 11) is 1.83. The van der Waals surface area contributed by atoms with Gasteiger partial charge in [0.15, 0.2) is 0 Å². The summed E-state index contributed by atoms with van der Waals surface area (Å²) >= 11 is 0. The Balaban J connectivity index is 2.02. The van der Waals surface area contributed by atoms with E-state index < -0.39 is 0 Å². The molecule has 1 aromatic carbocycles. The zero-order valence-electron chi connectivity index (χ0n) is 13.8. The Hall–Kier alpha value is -0.900. The fourth-order valence-corrected chi connectivity index (χ4v) is 3.28. The molecule has 1 aliphatic heterocycles. The highest BCUT2D eigenvalue weighted by molar-refractivity contribution is 5.15. The molecule has 0 amide bonds. The van der Waals surface area contributed by atoms with Crippen LogP contribution in [0.1, 0.15) is 38.7 Å². The molecule has 0 aromatic heterocycles. The number of rotatable bonds is 6. The summed E-state index contributed by atoms with van der Waals surface area (Å²) in [5.41, 5.74) is 7.57. The fourth-order valence-electron chi connectivity index (χ4n) is 3.28. The van der Waals surface area contributed by atoms with Crippen LogP contribution in [0.5, 0.6) is 0 Å². The third kappa shape index (κ3) is 4.06. The van der Waals surface area contributed by atoms with Crippen LogP contribution in [-0.4, -0.2) is 42.8 Å². The van der Waals surface area contributed by atoms with Crippen LogP contribution in [0.25, 0.3) is 0 Å². The van der Waals surface area contributed by atoms with Crippen LogP contribution in [0, 0.1) is 0 Å². The van der Waals surface area contributed by atoms with E-state index in [0.29, 0.717) is 6.54 Å². The average molecular weight is 290 g/mol. The molecular weight excluding hydrogens is 260 g/mol. The monoisotopic (exact) mass is 290 g/mol. The number of nitrogens with zero attached hydrogens (tertiary/aromatic N) is 1. The first-order chi connectivity index (χ1) is 10.0. The number of aryl methyl sites for hydroxylation is 1. The first kappa shape index (κ1) is 16.5. The molecule has 118 valence electrons. The molecule has 1 saturated heterocycles. The second-order valence-electron chi connectivity index (χ2n) is 6.87. The number of ether oxygens (including phenoxy) is 1. The lowest BCUT2D eigenvalue weighted by molar-refractivity contribution is -0.0781. The van der Waals surface area contributed by atoms with Crippen molar-refractivity contribution in [2.24, 2.45) is 5.73 Å². The Morgan fingerprint density at radius 3 is 2.67 bits per heavy atom. The van der Waals surface area contributed by atoms with E-state index in [2.05, 4.69) is 49.1 Å². The summed E-state index contributed by atoms with van der Waals surface area (Å²) in [6, 6.07) is 10.7. The number of methoxy groups -OCH3 is 1. The van der Waals surface area contributed by atoms with Crippen LogP contribution < -0.4 is 5.73 Å². The highest BCUT2D eigenvalue weighted by Crippen LogP contribution is 2.31. The molecule has 1 aromatic rings. The predicted molar refractivity (Wildman–Crippen MR) is 88.4 cm³/mol. The van der Waals surface area contributed by atoms with Crippen molar-refractivity contribution in [1.82, 2.24) is 4.90 Å². The molecular formula is C18H30N2O. The maximum atomic E-state index is 6.15. The lowest BCUT2D eigenvalue weighted by atomic mass is 9.86.